The Morgan fingerprint density at radius 1 is 1.16 bits per heavy atom. The lowest BCUT2D eigenvalue weighted by atomic mass is 10.0. The summed E-state index contributed by atoms with van der Waals surface area (Å²) < 4.78 is 1.01. The molecule has 0 aliphatic carbocycles. The summed E-state index contributed by atoms with van der Waals surface area (Å²) in [6.07, 6.45) is 1.44. The molecule has 0 saturated heterocycles. The Morgan fingerprint density at radius 2 is 1.80 bits per heavy atom. The molecule has 4 nitrogen and oxygen atoms in total. The summed E-state index contributed by atoms with van der Waals surface area (Å²) in [5.74, 6) is 0.00484. The molecule has 0 atom stereocenters. The minimum absolute atomic E-state index is 0.0325. The van der Waals surface area contributed by atoms with Crippen molar-refractivity contribution < 1.29 is 4.79 Å². The van der Waals surface area contributed by atoms with Crippen LogP contribution in [0.5, 0.6) is 0 Å². The monoisotopic (exact) mass is 397 g/mol. The van der Waals surface area contributed by atoms with Crippen molar-refractivity contribution in [1.82, 2.24) is 5.32 Å². The molecule has 0 unspecified atom stereocenters. The molecule has 25 heavy (non-hydrogen) atoms. The first-order chi connectivity index (χ1) is 12.0. The zero-order chi connectivity index (χ0) is 18.2. The molecule has 2 aromatic rings. The summed E-state index contributed by atoms with van der Waals surface area (Å²) in [6, 6.07) is 17.4. The zero-order valence-electron chi connectivity index (χ0n) is 14.2. The fourth-order valence-electron chi connectivity index (χ4n) is 2.17. The molecule has 0 spiro atoms. The topological polar surface area (TPSA) is 64.9 Å². The molecule has 0 heterocycles. The maximum absolute atomic E-state index is 12.2. The van der Waals surface area contributed by atoms with E-state index in [0.717, 1.165) is 10.0 Å². The number of anilines is 1. The second-order valence-corrected chi connectivity index (χ2v) is 6.82. The van der Waals surface area contributed by atoms with Gasteiger partial charge in [0.05, 0.1) is 0 Å². The van der Waals surface area contributed by atoms with Crippen LogP contribution in [0.2, 0.25) is 0 Å². The Morgan fingerprint density at radius 3 is 2.36 bits per heavy atom. The van der Waals surface area contributed by atoms with E-state index in [9.17, 15) is 10.1 Å². The molecule has 1 amide bonds. The average molecular weight is 398 g/mol. The van der Waals surface area contributed by atoms with Gasteiger partial charge in [-0.2, -0.15) is 5.26 Å². The van der Waals surface area contributed by atoms with Crippen molar-refractivity contribution in [1.29, 1.82) is 5.26 Å². The molecule has 0 aromatic heterocycles. The Balaban J connectivity index is 1.95. The summed E-state index contributed by atoms with van der Waals surface area (Å²) in [7, 11) is 0. The van der Waals surface area contributed by atoms with E-state index in [0.29, 0.717) is 18.2 Å². The number of halogens is 1. The fourth-order valence-corrected chi connectivity index (χ4v) is 2.44. The summed E-state index contributed by atoms with van der Waals surface area (Å²) in [5, 5.41) is 14.9. The van der Waals surface area contributed by atoms with Crippen molar-refractivity contribution >= 4 is 27.5 Å². The van der Waals surface area contributed by atoms with Crippen LogP contribution < -0.4 is 10.6 Å². The fraction of sp³-hybridized carbons (Fsp3) is 0.200. The molecule has 2 N–H and O–H groups in total. The van der Waals surface area contributed by atoms with E-state index in [2.05, 4.69) is 40.4 Å². The molecule has 5 heteroatoms. The molecule has 0 aliphatic heterocycles. The number of carbonyl (C=O) groups excluding carboxylic acids is 1. The quantitative estimate of drug-likeness (QED) is 0.547. The van der Waals surface area contributed by atoms with E-state index >= 15 is 0 Å². The molecule has 0 fully saturated rings. The molecular weight excluding hydrogens is 378 g/mol. The minimum Gasteiger partial charge on any atom is -0.386 e. The average Bonchev–Trinajstić information content (AvgIpc) is 2.60. The summed E-state index contributed by atoms with van der Waals surface area (Å²) >= 11 is 3.38. The lowest BCUT2D eigenvalue weighted by Crippen LogP contribution is -2.16. The van der Waals surface area contributed by atoms with Crippen molar-refractivity contribution in [3.63, 3.8) is 0 Å². The number of rotatable bonds is 6. The first-order valence-electron chi connectivity index (χ1n) is 7.99. The van der Waals surface area contributed by atoms with E-state index < -0.39 is 5.91 Å². The van der Waals surface area contributed by atoms with Crippen LogP contribution in [0.4, 0.5) is 5.69 Å². The number of nitriles is 1. The highest BCUT2D eigenvalue weighted by Gasteiger charge is 2.09. The number of nitrogens with zero attached hydrogens (tertiary/aromatic N) is 1. The van der Waals surface area contributed by atoms with Crippen LogP contribution >= 0.6 is 15.9 Å². The minimum atomic E-state index is -0.428. The number of amides is 1. The first-order valence-corrected chi connectivity index (χ1v) is 8.78. The molecule has 2 aromatic carbocycles. The lowest BCUT2D eigenvalue weighted by molar-refractivity contribution is -0.112. The summed E-state index contributed by atoms with van der Waals surface area (Å²) in [6.45, 7) is 4.76. The van der Waals surface area contributed by atoms with Crippen LogP contribution in [0.3, 0.4) is 0 Å². The Bertz CT molecular complexity index is 787. The predicted octanol–water partition coefficient (Wildman–Crippen LogP) is 4.71. The smallest absolute Gasteiger partial charge is 0.267 e. The van der Waals surface area contributed by atoms with Gasteiger partial charge in [-0.05, 0) is 41.3 Å². The van der Waals surface area contributed by atoms with Crippen LogP contribution in [-0.4, -0.2) is 5.91 Å². The third-order valence-electron chi connectivity index (χ3n) is 3.67. The molecule has 0 aliphatic rings. The zero-order valence-corrected chi connectivity index (χ0v) is 15.8. The summed E-state index contributed by atoms with van der Waals surface area (Å²) in [4.78, 5) is 12.2. The molecule has 0 saturated carbocycles. The molecule has 0 bridgehead atoms. The standard InChI is InChI=1S/C20H20BrN3O/c1-14(2)16-5-9-19(10-6-16)24-20(25)17(11-22)13-23-12-15-3-7-18(21)8-4-15/h3-10,13-14,23H,12H2,1-2H3,(H,24,25)/b17-13-. The number of hydrogen-bond acceptors (Lipinski definition) is 3. The number of benzene rings is 2. The number of hydrogen-bond donors (Lipinski definition) is 2. The molecular formula is C20H20BrN3O. The van der Waals surface area contributed by atoms with Crippen LogP contribution in [-0.2, 0) is 11.3 Å². The van der Waals surface area contributed by atoms with Crippen LogP contribution in [0.15, 0.2) is 64.8 Å². The van der Waals surface area contributed by atoms with Crippen LogP contribution in [0.1, 0.15) is 30.9 Å². The number of nitrogens with one attached hydrogen (secondary N) is 2. The highest BCUT2D eigenvalue weighted by Crippen LogP contribution is 2.17. The van der Waals surface area contributed by atoms with E-state index in [1.54, 1.807) is 0 Å². The van der Waals surface area contributed by atoms with Gasteiger partial charge in [0.1, 0.15) is 11.6 Å². The maximum atomic E-state index is 12.2. The van der Waals surface area contributed by atoms with Crippen molar-refractivity contribution in [2.75, 3.05) is 5.32 Å². The van der Waals surface area contributed by atoms with Gasteiger partial charge in [-0.1, -0.05) is 54.0 Å². The van der Waals surface area contributed by atoms with Gasteiger partial charge in [-0.15, -0.1) is 0 Å². The Kier molecular flexibility index (Phi) is 6.79. The second kappa shape index (κ2) is 9.05. The van der Waals surface area contributed by atoms with Crippen molar-refractivity contribution in [3.05, 3.63) is 75.9 Å². The van der Waals surface area contributed by atoms with Crippen molar-refractivity contribution in [2.45, 2.75) is 26.3 Å². The van der Waals surface area contributed by atoms with Gasteiger partial charge in [0.15, 0.2) is 0 Å². The van der Waals surface area contributed by atoms with Gasteiger partial charge in [-0.3, -0.25) is 4.79 Å². The molecule has 0 radical (unpaired) electrons. The largest absolute Gasteiger partial charge is 0.386 e. The molecule has 128 valence electrons. The highest BCUT2D eigenvalue weighted by atomic mass is 79.9. The number of carbonyl (C=O) groups is 1. The third kappa shape index (κ3) is 5.77. The van der Waals surface area contributed by atoms with E-state index in [1.807, 2.05) is 54.6 Å². The van der Waals surface area contributed by atoms with Gasteiger partial charge >= 0.3 is 0 Å². The van der Waals surface area contributed by atoms with Gasteiger partial charge in [0.25, 0.3) is 5.91 Å². The third-order valence-corrected chi connectivity index (χ3v) is 4.19. The Hall–Kier alpha value is -2.58. The van der Waals surface area contributed by atoms with Crippen molar-refractivity contribution in [3.8, 4) is 6.07 Å². The van der Waals surface area contributed by atoms with Crippen LogP contribution in [0.25, 0.3) is 0 Å². The highest BCUT2D eigenvalue weighted by molar-refractivity contribution is 9.10. The lowest BCUT2D eigenvalue weighted by Gasteiger charge is -2.08. The van der Waals surface area contributed by atoms with Gasteiger partial charge in [0.2, 0.25) is 0 Å². The van der Waals surface area contributed by atoms with E-state index in [-0.39, 0.29) is 5.57 Å². The summed E-state index contributed by atoms with van der Waals surface area (Å²) in [5.41, 5.74) is 2.96. The molecule has 2 rings (SSSR count). The normalized spacial score (nSPS) is 11.1. The first kappa shape index (κ1) is 18.8. The second-order valence-electron chi connectivity index (χ2n) is 5.91. The van der Waals surface area contributed by atoms with Gasteiger partial charge in [-0.25, -0.2) is 0 Å². The van der Waals surface area contributed by atoms with Gasteiger partial charge < -0.3 is 10.6 Å². The SMILES string of the molecule is CC(C)c1ccc(NC(=O)/C(C#N)=C\NCc2ccc(Br)cc2)cc1. The Labute approximate surface area is 156 Å². The van der Waals surface area contributed by atoms with E-state index in [4.69, 9.17) is 0 Å². The van der Waals surface area contributed by atoms with Gasteiger partial charge in [0, 0.05) is 22.9 Å². The van der Waals surface area contributed by atoms with E-state index in [1.165, 1.54) is 11.8 Å². The van der Waals surface area contributed by atoms with Crippen LogP contribution in [0, 0.1) is 11.3 Å². The maximum Gasteiger partial charge on any atom is 0.267 e. The van der Waals surface area contributed by atoms with Crippen molar-refractivity contribution in [2.24, 2.45) is 0 Å². The predicted molar refractivity (Wildman–Crippen MR) is 104 cm³/mol.